The van der Waals surface area contributed by atoms with Gasteiger partial charge in [-0.3, -0.25) is 4.79 Å². The van der Waals surface area contributed by atoms with Crippen LogP contribution >= 0.6 is 11.6 Å². The van der Waals surface area contributed by atoms with Crippen molar-refractivity contribution in [3.63, 3.8) is 0 Å². The van der Waals surface area contributed by atoms with Crippen LogP contribution in [0.25, 0.3) is 0 Å². The summed E-state index contributed by atoms with van der Waals surface area (Å²) >= 11 is 5.87. The monoisotopic (exact) mass is 212 g/mol. The standard InChI is InChI=1S/C11H10ClFO/c1-6-2-3-8-9(11(6)14)4-7(13)5-10(8)12/h4-6H,2-3H2,1H3. The molecule has 74 valence electrons. The lowest BCUT2D eigenvalue weighted by Crippen LogP contribution is -2.20. The van der Waals surface area contributed by atoms with Crippen molar-refractivity contribution in [2.45, 2.75) is 19.8 Å². The van der Waals surface area contributed by atoms with Gasteiger partial charge in [0.1, 0.15) is 5.82 Å². The Morgan fingerprint density at radius 3 is 2.93 bits per heavy atom. The third kappa shape index (κ3) is 1.44. The van der Waals surface area contributed by atoms with Crippen LogP contribution < -0.4 is 0 Å². The first-order valence-electron chi connectivity index (χ1n) is 4.61. The molecule has 2 rings (SSSR count). The molecule has 1 aromatic carbocycles. The molecule has 0 saturated heterocycles. The van der Waals surface area contributed by atoms with Crippen LogP contribution in [0.2, 0.25) is 5.02 Å². The van der Waals surface area contributed by atoms with Gasteiger partial charge in [0.25, 0.3) is 0 Å². The number of carbonyl (C=O) groups excluding carboxylic acids is 1. The maximum Gasteiger partial charge on any atom is 0.166 e. The molecule has 0 fully saturated rings. The summed E-state index contributed by atoms with van der Waals surface area (Å²) in [7, 11) is 0. The number of Topliss-reactive ketones (excluding diaryl/α,β-unsaturated/α-hetero) is 1. The molecular weight excluding hydrogens is 203 g/mol. The smallest absolute Gasteiger partial charge is 0.166 e. The number of fused-ring (bicyclic) bond motifs is 1. The molecule has 0 aliphatic heterocycles. The van der Waals surface area contributed by atoms with Gasteiger partial charge >= 0.3 is 0 Å². The van der Waals surface area contributed by atoms with E-state index in [9.17, 15) is 9.18 Å². The van der Waals surface area contributed by atoms with E-state index in [2.05, 4.69) is 0 Å². The van der Waals surface area contributed by atoms with Crippen LogP contribution in [-0.2, 0) is 6.42 Å². The summed E-state index contributed by atoms with van der Waals surface area (Å²) in [6.07, 6.45) is 1.57. The van der Waals surface area contributed by atoms with Gasteiger partial charge in [0.2, 0.25) is 0 Å². The van der Waals surface area contributed by atoms with Crippen LogP contribution in [0.3, 0.4) is 0 Å². The maximum absolute atomic E-state index is 13.0. The van der Waals surface area contributed by atoms with Crippen LogP contribution in [0.15, 0.2) is 12.1 Å². The summed E-state index contributed by atoms with van der Waals surface area (Å²) < 4.78 is 13.0. The lowest BCUT2D eigenvalue weighted by atomic mass is 9.84. The van der Waals surface area contributed by atoms with Crippen molar-refractivity contribution in [3.05, 3.63) is 34.1 Å². The molecule has 3 heteroatoms. The molecule has 1 unspecified atom stereocenters. The largest absolute Gasteiger partial charge is 0.294 e. The average molecular weight is 213 g/mol. The molecule has 0 aromatic heterocycles. The van der Waals surface area contributed by atoms with Crippen molar-refractivity contribution in [2.24, 2.45) is 5.92 Å². The zero-order valence-electron chi connectivity index (χ0n) is 7.81. The van der Waals surface area contributed by atoms with Gasteiger partial charge < -0.3 is 0 Å². The van der Waals surface area contributed by atoms with E-state index >= 15 is 0 Å². The lowest BCUT2D eigenvalue weighted by Gasteiger charge is -2.20. The van der Waals surface area contributed by atoms with E-state index < -0.39 is 5.82 Å². The highest BCUT2D eigenvalue weighted by Crippen LogP contribution is 2.31. The number of carbonyl (C=O) groups is 1. The summed E-state index contributed by atoms with van der Waals surface area (Å²) in [6.45, 7) is 1.87. The second-order valence-corrected chi connectivity index (χ2v) is 4.12. The first kappa shape index (κ1) is 9.66. The van der Waals surface area contributed by atoms with E-state index in [4.69, 9.17) is 11.6 Å². The van der Waals surface area contributed by atoms with Gasteiger partial charge in [0.05, 0.1) is 0 Å². The van der Waals surface area contributed by atoms with E-state index in [-0.39, 0.29) is 11.7 Å². The fourth-order valence-corrected chi connectivity index (χ4v) is 2.14. The SMILES string of the molecule is CC1CCc2c(Cl)cc(F)cc2C1=O. The molecule has 1 nitrogen and oxygen atoms in total. The van der Waals surface area contributed by atoms with Gasteiger partial charge in [-0.2, -0.15) is 0 Å². The van der Waals surface area contributed by atoms with Gasteiger partial charge in [-0.05, 0) is 30.5 Å². The Morgan fingerprint density at radius 1 is 1.50 bits per heavy atom. The van der Waals surface area contributed by atoms with Crippen molar-refractivity contribution in [1.29, 1.82) is 0 Å². The highest BCUT2D eigenvalue weighted by Gasteiger charge is 2.26. The molecule has 0 heterocycles. The summed E-state index contributed by atoms with van der Waals surface area (Å²) in [5.74, 6) is -0.441. The molecule has 14 heavy (non-hydrogen) atoms. The van der Waals surface area contributed by atoms with Crippen molar-refractivity contribution in [3.8, 4) is 0 Å². The van der Waals surface area contributed by atoms with Crippen molar-refractivity contribution < 1.29 is 9.18 Å². The third-order valence-electron chi connectivity index (χ3n) is 2.70. The van der Waals surface area contributed by atoms with Crippen LogP contribution in [0.1, 0.15) is 29.3 Å². The zero-order valence-corrected chi connectivity index (χ0v) is 8.57. The number of hydrogen-bond acceptors (Lipinski definition) is 1. The minimum Gasteiger partial charge on any atom is -0.294 e. The van der Waals surface area contributed by atoms with E-state index in [1.165, 1.54) is 12.1 Å². The first-order valence-corrected chi connectivity index (χ1v) is 4.99. The topological polar surface area (TPSA) is 17.1 Å². The zero-order chi connectivity index (χ0) is 10.3. The van der Waals surface area contributed by atoms with E-state index in [1.54, 1.807) is 0 Å². The quantitative estimate of drug-likeness (QED) is 0.645. The van der Waals surface area contributed by atoms with Crippen LogP contribution in [-0.4, -0.2) is 5.78 Å². The average Bonchev–Trinajstić information content (AvgIpc) is 2.12. The minimum atomic E-state index is -0.434. The molecule has 0 radical (unpaired) electrons. The molecule has 0 saturated carbocycles. The minimum absolute atomic E-state index is 0.00708. The van der Waals surface area contributed by atoms with E-state index in [0.717, 1.165) is 18.4 Å². The third-order valence-corrected chi connectivity index (χ3v) is 3.04. The molecule has 1 aromatic rings. The van der Waals surface area contributed by atoms with Crippen molar-refractivity contribution >= 4 is 17.4 Å². The lowest BCUT2D eigenvalue weighted by molar-refractivity contribution is 0.0913. The Hall–Kier alpha value is -0.890. The van der Waals surface area contributed by atoms with E-state index in [0.29, 0.717) is 10.6 Å². The predicted octanol–water partition coefficient (Wildman–Crippen LogP) is 3.24. The molecule has 0 bridgehead atoms. The van der Waals surface area contributed by atoms with Gasteiger partial charge in [0.15, 0.2) is 5.78 Å². The summed E-state index contributed by atoms with van der Waals surface area (Å²) in [5, 5.41) is 0.375. The fourth-order valence-electron chi connectivity index (χ4n) is 1.83. The second kappa shape index (κ2) is 3.35. The van der Waals surface area contributed by atoms with E-state index in [1.807, 2.05) is 6.92 Å². The number of halogens is 2. The van der Waals surface area contributed by atoms with Gasteiger partial charge in [-0.15, -0.1) is 0 Å². The number of hydrogen-bond donors (Lipinski definition) is 0. The summed E-state index contributed by atoms with van der Waals surface area (Å²) in [4.78, 5) is 11.7. The number of benzene rings is 1. The number of ketones is 1. The highest BCUT2D eigenvalue weighted by molar-refractivity contribution is 6.32. The fraction of sp³-hybridized carbons (Fsp3) is 0.364. The maximum atomic E-state index is 13.0. The Morgan fingerprint density at radius 2 is 2.21 bits per heavy atom. The Balaban J connectivity index is 2.60. The predicted molar refractivity (Wildman–Crippen MR) is 53.2 cm³/mol. The molecule has 0 N–H and O–H groups in total. The molecule has 1 aliphatic carbocycles. The van der Waals surface area contributed by atoms with Crippen molar-refractivity contribution in [2.75, 3.05) is 0 Å². The molecular formula is C11H10ClFO. The van der Waals surface area contributed by atoms with Gasteiger partial charge in [0, 0.05) is 16.5 Å². The number of rotatable bonds is 0. The van der Waals surface area contributed by atoms with Crippen LogP contribution in [0, 0.1) is 11.7 Å². The van der Waals surface area contributed by atoms with Crippen molar-refractivity contribution in [1.82, 2.24) is 0 Å². The normalized spacial score (nSPS) is 20.8. The second-order valence-electron chi connectivity index (χ2n) is 3.72. The summed E-state index contributed by atoms with van der Waals surface area (Å²) in [5.41, 5.74) is 1.27. The molecule has 1 atom stereocenters. The molecule has 0 amide bonds. The van der Waals surface area contributed by atoms with Gasteiger partial charge in [-0.25, -0.2) is 4.39 Å². The van der Waals surface area contributed by atoms with Crippen LogP contribution in [0.5, 0.6) is 0 Å². The van der Waals surface area contributed by atoms with Crippen LogP contribution in [0.4, 0.5) is 4.39 Å². The summed E-state index contributed by atoms with van der Waals surface area (Å²) in [6, 6.07) is 2.56. The Bertz CT molecular complexity index is 401. The Labute approximate surface area is 86.9 Å². The molecule has 1 aliphatic rings. The van der Waals surface area contributed by atoms with Gasteiger partial charge in [-0.1, -0.05) is 18.5 Å². The first-order chi connectivity index (χ1) is 6.59. The highest BCUT2D eigenvalue weighted by atomic mass is 35.5. The Kier molecular flexibility index (Phi) is 2.31. The molecule has 0 spiro atoms.